The van der Waals surface area contributed by atoms with Crippen molar-refractivity contribution in [2.45, 2.75) is 0 Å². The van der Waals surface area contributed by atoms with Gasteiger partial charge in [0.05, 0.1) is 21.5 Å². The Morgan fingerprint density at radius 3 is 2.52 bits per heavy atom. The van der Waals surface area contributed by atoms with Crippen molar-refractivity contribution in [3.8, 4) is 0 Å². The average Bonchev–Trinajstić information content (AvgIpc) is 3.10. The van der Waals surface area contributed by atoms with Crippen molar-refractivity contribution in [1.82, 2.24) is 15.1 Å². The van der Waals surface area contributed by atoms with Gasteiger partial charge in [-0.2, -0.15) is 5.10 Å². The van der Waals surface area contributed by atoms with Crippen LogP contribution in [0.3, 0.4) is 0 Å². The fourth-order valence-corrected chi connectivity index (χ4v) is 3.47. The SMILES string of the molecule is CN1CCN(c2c([N+](=O)[O-])ccc3[nH]nc(C=Cc4ccccc4)c23)CC1. The van der Waals surface area contributed by atoms with Crippen molar-refractivity contribution >= 4 is 34.4 Å². The molecule has 0 bridgehead atoms. The van der Waals surface area contributed by atoms with Gasteiger partial charge in [-0.15, -0.1) is 0 Å². The number of nitrogens with one attached hydrogen (secondary N) is 1. The van der Waals surface area contributed by atoms with Crippen molar-refractivity contribution in [3.05, 3.63) is 63.8 Å². The number of fused-ring (bicyclic) bond motifs is 1. The zero-order valence-corrected chi connectivity index (χ0v) is 15.1. The lowest BCUT2D eigenvalue weighted by atomic mass is 10.1. The molecule has 1 fully saturated rings. The molecule has 7 heteroatoms. The lowest BCUT2D eigenvalue weighted by Gasteiger charge is -2.34. The van der Waals surface area contributed by atoms with Crippen LogP contribution in [0.1, 0.15) is 11.3 Å². The first-order chi connectivity index (χ1) is 13.1. The number of rotatable bonds is 4. The number of hydrogen-bond acceptors (Lipinski definition) is 5. The summed E-state index contributed by atoms with van der Waals surface area (Å²) in [5, 5.41) is 19.9. The van der Waals surface area contributed by atoms with Crippen LogP contribution < -0.4 is 4.90 Å². The number of nitro groups is 1. The first-order valence-corrected chi connectivity index (χ1v) is 8.95. The molecule has 1 saturated heterocycles. The molecule has 1 aliphatic rings. The molecule has 0 atom stereocenters. The molecule has 0 saturated carbocycles. The van der Waals surface area contributed by atoms with Crippen LogP contribution in [0.5, 0.6) is 0 Å². The minimum absolute atomic E-state index is 0.128. The Bertz CT molecular complexity index is 988. The number of H-pyrrole nitrogens is 1. The molecule has 2 aromatic carbocycles. The van der Waals surface area contributed by atoms with E-state index < -0.39 is 0 Å². The number of hydrogen-bond donors (Lipinski definition) is 1. The summed E-state index contributed by atoms with van der Waals surface area (Å²) in [5.41, 5.74) is 3.36. The zero-order valence-electron chi connectivity index (χ0n) is 15.1. The van der Waals surface area contributed by atoms with Crippen LogP contribution in [0, 0.1) is 10.1 Å². The number of nitrogens with zero attached hydrogens (tertiary/aromatic N) is 4. The van der Waals surface area contributed by atoms with E-state index in [4.69, 9.17) is 0 Å². The lowest BCUT2D eigenvalue weighted by Crippen LogP contribution is -2.44. The van der Waals surface area contributed by atoms with E-state index >= 15 is 0 Å². The third-order valence-electron chi connectivity index (χ3n) is 4.96. The third kappa shape index (κ3) is 3.41. The Morgan fingerprint density at radius 2 is 1.81 bits per heavy atom. The van der Waals surface area contributed by atoms with Gasteiger partial charge >= 0.3 is 0 Å². The van der Waals surface area contributed by atoms with Crippen LogP contribution in [-0.2, 0) is 0 Å². The summed E-state index contributed by atoms with van der Waals surface area (Å²) in [6.07, 6.45) is 3.89. The van der Waals surface area contributed by atoms with Crippen LogP contribution in [0.15, 0.2) is 42.5 Å². The number of benzene rings is 2. The molecule has 4 rings (SSSR count). The molecule has 2 heterocycles. The van der Waals surface area contributed by atoms with Gasteiger partial charge in [0.2, 0.25) is 0 Å². The van der Waals surface area contributed by atoms with Crippen molar-refractivity contribution in [1.29, 1.82) is 0 Å². The van der Waals surface area contributed by atoms with Crippen LogP contribution in [0.2, 0.25) is 0 Å². The number of likely N-dealkylation sites (N-methyl/N-ethyl adjacent to an activating group) is 1. The van der Waals surface area contributed by atoms with E-state index in [0.29, 0.717) is 11.4 Å². The average molecular weight is 363 g/mol. The first-order valence-electron chi connectivity index (χ1n) is 8.95. The van der Waals surface area contributed by atoms with Gasteiger partial charge in [-0.25, -0.2) is 0 Å². The number of anilines is 1. The second kappa shape index (κ2) is 7.20. The topological polar surface area (TPSA) is 78.3 Å². The van der Waals surface area contributed by atoms with Gasteiger partial charge in [-0.05, 0) is 24.8 Å². The molecule has 1 aromatic heterocycles. The largest absolute Gasteiger partial charge is 0.363 e. The summed E-state index contributed by atoms with van der Waals surface area (Å²) in [4.78, 5) is 15.7. The van der Waals surface area contributed by atoms with Gasteiger partial charge < -0.3 is 9.80 Å². The standard InChI is InChI=1S/C20H21N5O2/c1-23-11-13-24(14-12-23)20-18(25(26)27)10-9-17-19(20)16(21-22-17)8-7-15-5-3-2-4-6-15/h2-10H,11-14H2,1H3,(H,21,22). The van der Waals surface area contributed by atoms with Crippen molar-refractivity contribution in [2.75, 3.05) is 38.1 Å². The summed E-state index contributed by atoms with van der Waals surface area (Å²) >= 11 is 0. The Kier molecular flexibility index (Phi) is 4.60. The highest BCUT2D eigenvalue weighted by Crippen LogP contribution is 2.38. The quantitative estimate of drug-likeness (QED) is 0.568. The fraction of sp³-hybridized carbons (Fsp3) is 0.250. The normalized spacial score (nSPS) is 15.7. The second-order valence-electron chi connectivity index (χ2n) is 6.76. The Balaban J connectivity index is 1.83. The molecule has 1 aliphatic heterocycles. The number of aromatic nitrogens is 2. The lowest BCUT2D eigenvalue weighted by molar-refractivity contribution is -0.384. The summed E-state index contributed by atoms with van der Waals surface area (Å²) < 4.78 is 0. The van der Waals surface area contributed by atoms with E-state index in [1.165, 1.54) is 0 Å². The van der Waals surface area contributed by atoms with E-state index in [0.717, 1.165) is 42.6 Å². The van der Waals surface area contributed by atoms with E-state index in [-0.39, 0.29) is 10.6 Å². The number of aromatic amines is 1. The van der Waals surface area contributed by atoms with E-state index in [1.54, 1.807) is 12.1 Å². The highest BCUT2D eigenvalue weighted by atomic mass is 16.6. The first kappa shape index (κ1) is 17.2. The maximum absolute atomic E-state index is 11.7. The minimum atomic E-state index is -0.301. The van der Waals surface area contributed by atoms with Gasteiger partial charge in [0.25, 0.3) is 5.69 Å². The molecule has 3 aromatic rings. The maximum atomic E-state index is 11.7. The fourth-order valence-electron chi connectivity index (χ4n) is 3.47. The molecule has 1 N–H and O–H groups in total. The molecule has 0 amide bonds. The molecule has 0 unspecified atom stereocenters. The van der Waals surface area contributed by atoms with Gasteiger partial charge in [-0.1, -0.05) is 36.4 Å². The smallest absolute Gasteiger partial charge is 0.293 e. The van der Waals surface area contributed by atoms with Gasteiger partial charge in [0, 0.05) is 32.2 Å². The number of piperazine rings is 1. The Hall–Kier alpha value is -3.19. The summed E-state index contributed by atoms with van der Waals surface area (Å²) in [7, 11) is 2.07. The predicted octanol–water partition coefficient (Wildman–Crippen LogP) is 3.39. The monoisotopic (exact) mass is 363 g/mol. The molecule has 0 radical (unpaired) electrons. The third-order valence-corrected chi connectivity index (χ3v) is 4.96. The van der Waals surface area contributed by atoms with Crippen molar-refractivity contribution in [3.63, 3.8) is 0 Å². The van der Waals surface area contributed by atoms with E-state index in [2.05, 4.69) is 27.0 Å². The Morgan fingerprint density at radius 1 is 1.07 bits per heavy atom. The minimum Gasteiger partial charge on any atom is -0.363 e. The van der Waals surface area contributed by atoms with Gasteiger partial charge in [-0.3, -0.25) is 15.2 Å². The Labute approximate surface area is 157 Å². The second-order valence-corrected chi connectivity index (χ2v) is 6.76. The maximum Gasteiger partial charge on any atom is 0.293 e. The summed E-state index contributed by atoms with van der Waals surface area (Å²) in [5.74, 6) is 0. The van der Waals surface area contributed by atoms with Crippen LogP contribution in [0.25, 0.3) is 23.1 Å². The zero-order chi connectivity index (χ0) is 18.8. The molecular formula is C20H21N5O2. The van der Waals surface area contributed by atoms with Crippen LogP contribution in [0.4, 0.5) is 11.4 Å². The summed E-state index contributed by atoms with van der Waals surface area (Å²) in [6, 6.07) is 13.2. The molecule has 0 aliphatic carbocycles. The van der Waals surface area contributed by atoms with Crippen LogP contribution in [-0.4, -0.2) is 53.2 Å². The van der Waals surface area contributed by atoms with E-state index in [1.807, 2.05) is 42.5 Å². The van der Waals surface area contributed by atoms with E-state index in [9.17, 15) is 10.1 Å². The highest BCUT2D eigenvalue weighted by molar-refractivity contribution is 6.02. The molecule has 27 heavy (non-hydrogen) atoms. The van der Waals surface area contributed by atoms with Crippen molar-refractivity contribution in [2.24, 2.45) is 0 Å². The predicted molar refractivity (Wildman–Crippen MR) is 108 cm³/mol. The molecular weight excluding hydrogens is 342 g/mol. The highest BCUT2D eigenvalue weighted by Gasteiger charge is 2.27. The molecule has 138 valence electrons. The van der Waals surface area contributed by atoms with Crippen LogP contribution >= 0.6 is 0 Å². The molecule has 0 spiro atoms. The summed E-state index contributed by atoms with van der Waals surface area (Å²) in [6.45, 7) is 3.26. The van der Waals surface area contributed by atoms with Gasteiger partial charge in [0.1, 0.15) is 5.69 Å². The van der Waals surface area contributed by atoms with Gasteiger partial charge in [0.15, 0.2) is 0 Å². The molecule has 7 nitrogen and oxygen atoms in total. The number of nitro benzene ring substituents is 1. The van der Waals surface area contributed by atoms with Crippen molar-refractivity contribution < 1.29 is 4.92 Å².